The first kappa shape index (κ1) is 39.9. The third-order valence-electron chi connectivity index (χ3n) is 8.68. The third kappa shape index (κ3) is 13.3. The molecule has 2 heterocycles. The van der Waals surface area contributed by atoms with Gasteiger partial charge in [0, 0.05) is 39.1 Å². The van der Waals surface area contributed by atoms with Gasteiger partial charge in [-0.15, -0.1) is 0 Å². The number of hydrogen-bond acceptors (Lipinski definition) is 10. The van der Waals surface area contributed by atoms with Crippen molar-refractivity contribution in [2.75, 3.05) is 59.5 Å². The summed E-state index contributed by atoms with van der Waals surface area (Å²) in [4.78, 5) is 47.7. The molecule has 3 amide bonds. The fourth-order valence-corrected chi connectivity index (χ4v) is 5.85. The van der Waals surface area contributed by atoms with Crippen LogP contribution in [0.1, 0.15) is 61.3 Å². The van der Waals surface area contributed by atoms with Crippen LogP contribution in [0.4, 0.5) is 0 Å². The molecule has 2 aromatic carbocycles. The zero-order valence-electron chi connectivity index (χ0n) is 29.6. The fourth-order valence-electron chi connectivity index (χ4n) is 5.85. The number of ether oxygens (including phenoxy) is 5. The van der Waals surface area contributed by atoms with Crippen LogP contribution < -0.4 is 22.5 Å². The van der Waals surface area contributed by atoms with E-state index in [0.29, 0.717) is 84.4 Å². The number of nitrogens with zero attached hydrogens (tertiary/aromatic N) is 2. The molecule has 0 bridgehead atoms. The highest BCUT2D eigenvalue weighted by molar-refractivity contribution is 6.00. The largest absolute Gasteiger partial charge is 0.379 e. The van der Waals surface area contributed by atoms with Crippen LogP contribution in [0.25, 0.3) is 11.0 Å². The van der Waals surface area contributed by atoms with Crippen LogP contribution in [0.3, 0.4) is 0 Å². The van der Waals surface area contributed by atoms with Crippen LogP contribution in [0.15, 0.2) is 47.3 Å². The number of fused-ring (bicyclic) bond motifs is 1. The monoisotopic (exact) mass is 711 g/mol. The van der Waals surface area contributed by atoms with Crippen molar-refractivity contribution in [2.24, 2.45) is 18.5 Å². The number of aromatic nitrogens is 2. The van der Waals surface area contributed by atoms with Gasteiger partial charge in [-0.3, -0.25) is 28.8 Å². The summed E-state index contributed by atoms with van der Waals surface area (Å²) in [6.45, 7) is 5.14. The molecule has 51 heavy (non-hydrogen) atoms. The standard InChI is InChI=1S/C37H53N5O9/c1-41-33-24-28(10-12-31(33)42(37(41)46)32-13-15-35(44)40-36(32)45)5-3-17-48-19-21-50-23-22-49-20-18-47-16-2-4-27-6-8-29(9-7-27)25-51-26-30(38)11-14-34(39)43/h6-10,12,24,30,32H,2-5,11,13-23,25-26,38H2,1H3,(H2,39,43)(H,40,44,45)/t30-,32?/m0/s1. The van der Waals surface area contributed by atoms with E-state index in [0.717, 1.165) is 42.3 Å². The summed E-state index contributed by atoms with van der Waals surface area (Å²) >= 11 is 0. The van der Waals surface area contributed by atoms with E-state index in [2.05, 4.69) is 29.6 Å². The van der Waals surface area contributed by atoms with Crippen molar-refractivity contribution in [1.29, 1.82) is 0 Å². The Balaban J connectivity index is 0.953. The number of carbonyl (C=O) groups excluding carboxylic acids is 3. The Labute approximate surface area is 298 Å². The first-order valence-electron chi connectivity index (χ1n) is 17.8. The summed E-state index contributed by atoms with van der Waals surface area (Å²) in [5, 5.41) is 2.33. The van der Waals surface area contributed by atoms with Gasteiger partial charge < -0.3 is 35.2 Å². The molecular formula is C37H53N5O9. The smallest absolute Gasteiger partial charge is 0.329 e. The first-order chi connectivity index (χ1) is 24.7. The number of hydrogen-bond donors (Lipinski definition) is 3. The summed E-state index contributed by atoms with van der Waals surface area (Å²) in [6.07, 6.45) is 4.78. The van der Waals surface area contributed by atoms with Gasteiger partial charge in [0.05, 0.1) is 63.9 Å². The molecule has 0 saturated carbocycles. The van der Waals surface area contributed by atoms with Crippen molar-refractivity contribution in [1.82, 2.24) is 14.5 Å². The molecule has 1 unspecified atom stereocenters. The Hall–Kier alpha value is -3.92. The Morgan fingerprint density at radius 2 is 1.37 bits per heavy atom. The van der Waals surface area contributed by atoms with Crippen LogP contribution in [0, 0.1) is 0 Å². The number of nitrogens with two attached hydrogens (primary N) is 2. The summed E-state index contributed by atoms with van der Waals surface area (Å²) in [5.74, 6) is -1.09. The maximum absolute atomic E-state index is 12.9. The van der Waals surface area contributed by atoms with E-state index in [-0.39, 0.29) is 36.4 Å². The summed E-state index contributed by atoms with van der Waals surface area (Å²) in [6, 6.07) is 13.2. The fraction of sp³-hybridized carbons (Fsp3) is 0.568. The maximum Gasteiger partial charge on any atom is 0.329 e. The third-order valence-corrected chi connectivity index (χ3v) is 8.68. The molecule has 1 saturated heterocycles. The lowest BCUT2D eigenvalue weighted by Gasteiger charge is -2.21. The van der Waals surface area contributed by atoms with Gasteiger partial charge in [-0.1, -0.05) is 30.3 Å². The van der Waals surface area contributed by atoms with Gasteiger partial charge in [0.25, 0.3) is 0 Å². The van der Waals surface area contributed by atoms with E-state index >= 15 is 0 Å². The first-order valence-corrected chi connectivity index (χ1v) is 17.8. The molecule has 14 heteroatoms. The van der Waals surface area contributed by atoms with Crippen molar-refractivity contribution in [3.05, 3.63) is 69.6 Å². The van der Waals surface area contributed by atoms with Gasteiger partial charge >= 0.3 is 5.69 Å². The van der Waals surface area contributed by atoms with Gasteiger partial charge in [-0.25, -0.2) is 4.79 Å². The van der Waals surface area contributed by atoms with Crippen LogP contribution >= 0.6 is 0 Å². The highest BCUT2D eigenvalue weighted by Gasteiger charge is 2.31. The number of benzene rings is 2. The second-order valence-electron chi connectivity index (χ2n) is 12.8. The Morgan fingerprint density at radius 1 is 0.804 bits per heavy atom. The van der Waals surface area contributed by atoms with Gasteiger partial charge in [0.15, 0.2) is 0 Å². The number of amides is 3. The number of aryl methyl sites for hydroxylation is 3. The minimum atomic E-state index is -0.688. The molecule has 1 aromatic heterocycles. The lowest BCUT2D eigenvalue weighted by Crippen LogP contribution is -2.44. The second kappa shape index (κ2) is 21.4. The van der Waals surface area contributed by atoms with Crippen LogP contribution in [0.5, 0.6) is 0 Å². The van der Waals surface area contributed by atoms with E-state index in [4.69, 9.17) is 35.2 Å². The highest BCUT2D eigenvalue weighted by atomic mass is 16.6. The predicted molar refractivity (Wildman–Crippen MR) is 191 cm³/mol. The molecule has 280 valence electrons. The predicted octanol–water partition coefficient (Wildman–Crippen LogP) is 2.06. The molecule has 14 nitrogen and oxygen atoms in total. The SMILES string of the molecule is Cn1c(=O)n(C2CCC(=O)NC2=O)c2ccc(CCCOCCOCCOCCOCCCc3ccc(COC[C@@H](N)CCC(N)=O)cc3)cc21. The lowest BCUT2D eigenvalue weighted by molar-refractivity contribution is -0.135. The van der Waals surface area contributed by atoms with E-state index in [1.54, 1.807) is 11.6 Å². The number of primary amides is 1. The van der Waals surface area contributed by atoms with Crippen molar-refractivity contribution in [3.8, 4) is 0 Å². The molecule has 0 spiro atoms. The lowest BCUT2D eigenvalue weighted by atomic mass is 10.1. The van der Waals surface area contributed by atoms with Crippen LogP contribution in [0.2, 0.25) is 0 Å². The summed E-state index contributed by atoms with van der Waals surface area (Å²) < 4.78 is 31.2. The Kier molecular flexibility index (Phi) is 16.8. The van der Waals surface area contributed by atoms with Crippen molar-refractivity contribution in [3.63, 3.8) is 0 Å². The Bertz CT molecular complexity index is 1600. The van der Waals surface area contributed by atoms with Crippen LogP contribution in [-0.4, -0.2) is 92.4 Å². The van der Waals surface area contributed by atoms with Crippen molar-refractivity contribution in [2.45, 2.75) is 70.1 Å². The Morgan fingerprint density at radius 3 is 1.98 bits per heavy atom. The zero-order chi connectivity index (χ0) is 36.4. The number of piperidine rings is 1. The molecule has 3 aromatic rings. The highest BCUT2D eigenvalue weighted by Crippen LogP contribution is 2.24. The number of nitrogens with one attached hydrogen (secondary N) is 1. The average Bonchev–Trinajstić information content (AvgIpc) is 3.36. The number of rotatable bonds is 25. The zero-order valence-corrected chi connectivity index (χ0v) is 29.6. The van der Waals surface area contributed by atoms with Gasteiger partial charge in [-0.2, -0.15) is 0 Å². The van der Waals surface area contributed by atoms with E-state index in [1.807, 2.05) is 18.2 Å². The molecule has 4 rings (SSSR count). The topological polar surface area (TPSA) is 188 Å². The average molecular weight is 712 g/mol. The molecule has 0 radical (unpaired) electrons. The summed E-state index contributed by atoms with van der Waals surface area (Å²) in [5.41, 5.74) is 15.6. The minimum Gasteiger partial charge on any atom is -0.379 e. The van der Waals surface area contributed by atoms with Crippen LogP contribution in [-0.2, 0) is 64.6 Å². The maximum atomic E-state index is 12.9. The number of imidazole rings is 1. The van der Waals surface area contributed by atoms with Gasteiger partial charge in [-0.05, 0) is 67.3 Å². The van der Waals surface area contributed by atoms with E-state index in [1.165, 1.54) is 10.1 Å². The normalized spacial score (nSPS) is 15.4. The molecular weight excluding hydrogens is 658 g/mol. The molecule has 5 N–H and O–H groups in total. The van der Waals surface area contributed by atoms with E-state index < -0.39 is 11.9 Å². The van der Waals surface area contributed by atoms with E-state index in [9.17, 15) is 19.2 Å². The number of imide groups is 1. The molecule has 2 atom stereocenters. The van der Waals surface area contributed by atoms with Gasteiger partial charge in [0.1, 0.15) is 6.04 Å². The van der Waals surface area contributed by atoms with Crippen molar-refractivity contribution < 1.29 is 38.1 Å². The quantitative estimate of drug-likeness (QED) is 0.0867. The molecule has 1 aliphatic rings. The van der Waals surface area contributed by atoms with Gasteiger partial charge in [0.2, 0.25) is 17.7 Å². The van der Waals surface area contributed by atoms with Crippen molar-refractivity contribution >= 4 is 28.8 Å². The minimum absolute atomic E-state index is 0.196. The molecule has 1 aliphatic heterocycles. The summed E-state index contributed by atoms with van der Waals surface area (Å²) in [7, 11) is 1.69. The molecule has 0 aliphatic carbocycles. The number of carbonyl (C=O) groups is 3. The second-order valence-corrected chi connectivity index (χ2v) is 12.8. The molecule has 1 fully saturated rings.